The lowest BCUT2D eigenvalue weighted by Gasteiger charge is -2.50. The van der Waals surface area contributed by atoms with Crippen LogP contribution in [0.25, 0.3) is 0 Å². The second kappa shape index (κ2) is 5.98. The van der Waals surface area contributed by atoms with E-state index in [1.54, 1.807) is 0 Å². The molecular formula is C16H28N2S2. The highest BCUT2D eigenvalue weighted by Gasteiger charge is 2.50. The number of nitrogens with one attached hydrogen (secondary N) is 1. The molecule has 1 fully saturated rings. The molecule has 0 bridgehead atoms. The Hall–Kier alpha value is -0.0600. The molecule has 1 aromatic rings. The number of thiazole rings is 1. The SMILES string of the molecule is CC(C)NC1(c2nc(C(C)C)cs2)CSCCC1(C)C. The van der Waals surface area contributed by atoms with Gasteiger partial charge in [-0.25, -0.2) is 4.98 Å². The van der Waals surface area contributed by atoms with Gasteiger partial charge in [0.05, 0.1) is 11.2 Å². The first-order chi connectivity index (χ1) is 9.28. The Morgan fingerprint density at radius 2 is 1.95 bits per heavy atom. The van der Waals surface area contributed by atoms with Gasteiger partial charge in [0.15, 0.2) is 0 Å². The van der Waals surface area contributed by atoms with Crippen LogP contribution in [0.15, 0.2) is 5.38 Å². The predicted octanol–water partition coefficient (Wildman–Crippen LogP) is 4.62. The van der Waals surface area contributed by atoms with E-state index in [0.29, 0.717) is 12.0 Å². The maximum absolute atomic E-state index is 5.00. The molecule has 0 aromatic carbocycles. The van der Waals surface area contributed by atoms with Crippen molar-refractivity contribution in [1.29, 1.82) is 0 Å². The molecule has 4 heteroatoms. The quantitative estimate of drug-likeness (QED) is 0.878. The fourth-order valence-electron chi connectivity index (χ4n) is 2.85. The fourth-order valence-corrected chi connectivity index (χ4v) is 5.98. The van der Waals surface area contributed by atoms with Crippen molar-refractivity contribution >= 4 is 23.1 Å². The molecular weight excluding hydrogens is 284 g/mol. The van der Waals surface area contributed by atoms with Crippen LogP contribution in [-0.2, 0) is 5.54 Å². The van der Waals surface area contributed by atoms with Gasteiger partial charge in [-0.15, -0.1) is 11.3 Å². The van der Waals surface area contributed by atoms with Crippen molar-refractivity contribution < 1.29 is 0 Å². The van der Waals surface area contributed by atoms with Crippen molar-refractivity contribution in [3.8, 4) is 0 Å². The first-order valence-corrected chi connectivity index (χ1v) is 9.63. The smallest absolute Gasteiger partial charge is 0.114 e. The van der Waals surface area contributed by atoms with E-state index >= 15 is 0 Å². The van der Waals surface area contributed by atoms with Crippen molar-refractivity contribution in [3.05, 3.63) is 16.1 Å². The lowest BCUT2D eigenvalue weighted by atomic mass is 9.70. The van der Waals surface area contributed by atoms with Gasteiger partial charge in [-0.2, -0.15) is 11.8 Å². The molecule has 0 saturated carbocycles. The third kappa shape index (κ3) is 2.93. The molecule has 20 heavy (non-hydrogen) atoms. The molecule has 1 atom stereocenters. The zero-order valence-corrected chi connectivity index (χ0v) is 15.3. The molecule has 0 spiro atoms. The van der Waals surface area contributed by atoms with Gasteiger partial charge in [-0.05, 0) is 37.4 Å². The van der Waals surface area contributed by atoms with Crippen LogP contribution in [-0.4, -0.2) is 22.5 Å². The number of aromatic nitrogens is 1. The van der Waals surface area contributed by atoms with Crippen LogP contribution in [0.5, 0.6) is 0 Å². The Bertz CT molecular complexity index is 451. The summed E-state index contributed by atoms with van der Waals surface area (Å²) in [7, 11) is 0. The van der Waals surface area contributed by atoms with E-state index in [1.807, 2.05) is 11.3 Å². The molecule has 0 amide bonds. The Morgan fingerprint density at radius 3 is 2.45 bits per heavy atom. The van der Waals surface area contributed by atoms with Crippen molar-refractivity contribution in [1.82, 2.24) is 10.3 Å². The lowest BCUT2D eigenvalue weighted by Crippen LogP contribution is -2.59. The minimum Gasteiger partial charge on any atom is -0.302 e. The topological polar surface area (TPSA) is 24.9 Å². The van der Waals surface area contributed by atoms with Crippen molar-refractivity contribution in [2.45, 2.75) is 65.5 Å². The molecule has 2 nitrogen and oxygen atoms in total. The summed E-state index contributed by atoms with van der Waals surface area (Å²) in [5.74, 6) is 2.90. The van der Waals surface area contributed by atoms with E-state index in [4.69, 9.17) is 4.98 Å². The van der Waals surface area contributed by atoms with E-state index in [2.05, 4.69) is 64.0 Å². The van der Waals surface area contributed by atoms with Gasteiger partial charge in [0.2, 0.25) is 0 Å². The highest BCUT2D eigenvalue weighted by molar-refractivity contribution is 7.99. The normalized spacial score (nSPS) is 26.4. The minimum atomic E-state index is 0.0158. The standard InChI is InChI=1S/C16H28N2S2/c1-11(2)13-9-20-14(17-13)16(18-12(3)4)10-19-8-7-15(16,5)6/h9,11-12,18H,7-8,10H2,1-6H3. The highest BCUT2D eigenvalue weighted by atomic mass is 32.2. The molecule has 1 saturated heterocycles. The van der Waals surface area contributed by atoms with E-state index in [9.17, 15) is 0 Å². The minimum absolute atomic E-state index is 0.0158. The Morgan fingerprint density at radius 1 is 1.25 bits per heavy atom. The summed E-state index contributed by atoms with van der Waals surface area (Å²) < 4.78 is 0. The molecule has 1 unspecified atom stereocenters. The van der Waals surface area contributed by atoms with Crippen LogP contribution in [0, 0.1) is 5.41 Å². The zero-order chi connectivity index (χ0) is 15.0. The van der Waals surface area contributed by atoms with Gasteiger partial charge in [0.25, 0.3) is 0 Å². The number of nitrogens with zero attached hydrogens (tertiary/aromatic N) is 1. The summed E-state index contributed by atoms with van der Waals surface area (Å²) in [5.41, 5.74) is 1.50. The summed E-state index contributed by atoms with van der Waals surface area (Å²) in [6.45, 7) is 13.7. The first-order valence-electron chi connectivity index (χ1n) is 7.60. The Labute approximate surface area is 132 Å². The maximum atomic E-state index is 5.00. The maximum Gasteiger partial charge on any atom is 0.114 e. The number of hydrogen-bond acceptors (Lipinski definition) is 4. The molecule has 0 aliphatic carbocycles. The van der Waals surface area contributed by atoms with E-state index in [-0.39, 0.29) is 11.0 Å². The highest BCUT2D eigenvalue weighted by Crippen LogP contribution is 2.49. The summed E-state index contributed by atoms with van der Waals surface area (Å²) in [5, 5.41) is 7.41. The molecule has 1 aliphatic rings. The van der Waals surface area contributed by atoms with Gasteiger partial charge >= 0.3 is 0 Å². The number of hydrogen-bond donors (Lipinski definition) is 1. The van der Waals surface area contributed by atoms with E-state index in [1.165, 1.54) is 22.9 Å². The van der Waals surface area contributed by atoms with Gasteiger partial charge in [-0.1, -0.05) is 27.7 Å². The summed E-state index contributed by atoms with van der Waals surface area (Å²) >= 11 is 3.90. The molecule has 1 aromatic heterocycles. The molecule has 0 radical (unpaired) electrons. The molecule has 2 heterocycles. The van der Waals surface area contributed by atoms with E-state index < -0.39 is 0 Å². The van der Waals surface area contributed by atoms with Crippen molar-refractivity contribution in [2.24, 2.45) is 5.41 Å². The first kappa shape index (κ1) is 16.3. The Balaban J connectivity index is 2.44. The van der Waals surface area contributed by atoms with Crippen LogP contribution >= 0.6 is 23.1 Å². The summed E-state index contributed by atoms with van der Waals surface area (Å²) in [6, 6.07) is 0.472. The van der Waals surface area contributed by atoms with Crippen molar-refractivity contribution in [2.75, 3.05) is 11.5 Å². The molecule has 1 aliphatic heterocycles. The molecule has 1 N–H and O–H groups in total. The Kier molecular flexibility index (Phi) is 4.87. The van der Waals surface area contributed by atoms with Crippen LogP contribution in [0.3, 0.4) is 0 Å². The monoisotopic (exact) mass is 312 g/mol. The third-order valence-electron chi connectivity index (χ3n) is 4.36. The average Bonchev–Trinajstić information content (AvgIpc) is 2.81. The van der Waals surface area contributed by atoms with Gasteiger partial charge in [-0.3, -0.25) is 0 Å². The fraction of sp³-hybridized carbons (Fsp3) is 0.812. The second-order valence-electron chi connectivity index (χ2n) is 7.12. The number of rotatable bonds is 4. The summed E-state index contributed by atoms with van der Waals surface area (Å²) in [4.78, 5) is 5.00. The van der Waals surface area contributed by atoms with Gasteiger partial charge in [0, 0.05) is 17.2 Å². The second-order valence-corrected chi connectivity index (χ2v) is 9.09. The van der Waals surface area contributed by atoms with Crippen LogP contribution in [0.1, 0.15) is 64.6 Å². The number of thioether (sulfide) groups is 1. The largest absolute Gasteiger partial charge is 0.302 e. The van der Waals surface area contributed by atoms with Crippen molar-refractivity contribution in [3.63, 3.8) is 0 Å². The van der Waals surface area contributed by atoms with Crippen LogP contribution < -0.4 is 5.32 Å². The molecule has 114 valence electrons. The zero-order valence-electron chi connectivity index (χ0n) is 13.6. The van der Waals surface area contributed by atoms with Gasteiger partial charge < -0.3 is 5.32 Å². The molecule has 2 rings (SSSR count). The summed E-state index contributed by atoms with van der Waals surface area (Å²) in [6.07, 6.45) is 1.24. The average molecular weight is 313 g/mol. The lowest BCUT2D eigenvalue weighted by molar-refractivity contribution is 0.118. The van der Waals surface area contributed by atoms with Crippen LogP contribution in [0.4, 0.5) is 0 Å². The van der Waals surface area contributed by atoms with Crippen LogP contribution in [0.2, 0.25) is 0 Å². The predicted molar refractivity (Wildman–Crippen MR) is 91.9 cm³/mol. The van der Waals surface area contributed by atoms with E-state index in [0.717, 1.165) is 5.75 Å². The third-order valence-corrected chi connectivity index (χ3v) is 6.51. The van der Waals surface area contributed by atoms with Gasteiger partial charge in [0.1, 0.15) is 5.01 Å².